The van der Waals surface area contributed by atoms with E-state index in [0.717, 1.165) is 16.9 Å². The van der Waals surface area contributed by atoms with E-state index in [9.17, 15) is 19.2 Å². The molecule has 0 aliphatic carbocycles. The second kappa shape index (κ2) is 10.6. The van der Waals surface area contributed by atoms with Crippen molar-refractivity contribution in [3.05, 3.63) is 65.0 Å². The highest BCUT2D eigenvalue weighted by molar-refractivity contribution is 5.99. The Balaban J connectivity index is 1.70. The molecule has 0 saturated carbocycles. The Kier molecular flexibility index (Phi) is 7.65. The van der Waals surface area contributed by atoms with Gasteiger partial charge in [-0.15, -0.1) is 0 Å². The first-order valence-corrected chi connectivity index (χ1v) is 10.8. The van der Waals surface area contributed by atoms with Crippen LogP contribution in [0, 0.1) is 20.8 Å². The number of carbonyl (C=O) groups is 4. The van der Waals surface area contributed by atoms with Gasteiger partial charge in [-0.2, -0.15) is 5.10 Å². The molecule has 0 saturated heterocycles. The van der Waals surface area contributed by atoms with Gasteiger partial charge in [0.25, 0.3) is 5.91 Å². The molecule has 1 aromatic heterocycles. The van der Waals surface area contributed by atoms with Crippen LogP contribution in [0.2, 0.25) is 0 Å². The first kappa shape index (κ1) is 25.2. The molecule has 0 radical (unpaired) electrons. The topological polar surface area (TPSA) is 131 Å². The quantitative estimate of drug-likeness (QED) is 0.446. The predicted octanol–water partition coefficient (Wildman–Crippen LogP) is 3.51. The van der Waals surface area contributed by atoms with Crippen LogP contribution in [0.1, 0.15) is 41.2 Å². The molecule has 3 N–H and O–H groups in total. The van der Waals surface area contributed by atoms with Crippen LogP contribution in [-0.2, 0) is 19.1 Å². The van der Waals surface area contributed by atoms with E-state index in [-0.39, 0.29) is 17.4 Å². The number of aryl methyl sites for hydroxylation is 2. The van der Waals surface area contributed by atoms with E-state index in [1.165, 1.54) is 32.0 Å². The summed E-state index contributed by atoms with van der Waals surface area (Å²) in [4.78, 5) is 47.9. The molecule has 35 heavy (non-hydrogen) atoms. The first-order valence-electron chi connectivity index (χ1n) is 10.8. The average Bonchev–Trinajstić information content (AvgIpc) is 3.05. The lowest BCUT2D eigenvalue weighted by Crippen LogP contribution is -2.22. The molecule has 3 rings (SSSR count). The van der Waals surface area contributed by atoms with Crippen molar-refractivity contribution in [1.82, 2.24) is 9.78 Å². The van der Waals surface area contributed by atoms with Crippen molar-refractivity contribution in [3.63, 3.8) is 0 Å². The van der Waals surface area contributed by atoms with Crippen LogP contribution >= 0.6 is 0 Å². The number of rotatable bonds is 7. The molecule has 2 aromatic carbocycles. The van der Waals surface area contributed by atoms with Gasteiger partial charge in [-0.1, -0.05) is 17.7 Å². The summed E-state index contributed by atoms with van der Waals surface area (Å²) in [6, 6.07) is 12.1. The maximum atomic E-state index is 12.6. The number of ether oxygens (including phenoxy) is 1. The van der Waals surface area contributed by atoms with Gasteiger partial charge in [0.2, 0.25) is 11.8 Å². The fourth-order valence-corrected chi connectivity index (χ4v) is 3.45. The SMILES string of the molecule is CC(=O)Nc1cc(NC(C)=O)cc(C(=O)OCC(=O)Nc2c(C)nn(-c3ccc(C)cc3)c2C)c1. The van der Waals surface area contributed by atoms with Gasteiger partial charge in [0.05, 0.1) is 28.3 Å². The Bertz CT molecular complexity index is 1260. The Morgan fingerprint density at radius 2 is 1.43 bits per heavy atom. The van der Waals surface area contributed by atoms with Crippen LogP contribution in [0.3, 0.4) is 0 Å². The minimum absolute atomic E-state index is 0.0624. The lowest BCUT2D eigenvalue weighted by atomic mass is 10.1. The number of hydrogen-bond acceptors (Lipinski definition) is 6. The number of amides is 3. The fraction of sp³-hybridized carbons (Fsp3) is 0.240. The van der Waals surface area contributed by atoms with Crippen LogP contribution < -0.4 is 16.0 Å². The van der Waals surface area contributed by atoms with Gasteiger partial charge in [0.1, 0.15) is 0 Å². The van der Waals surface area contributed by atoms with E-state index in [0.29, 0.717) is 22.8 Å². The van der Waals surface area contributed by atoms with E-state index in [1.54, 1.807) is 11.6 Å². The zero-order chi connectivity index (χ0) is 25.7. The molecule has 182 valence electrons. The molecule has 0 aliphatic heterocycles. The Hall–Kier alpha value is -4.47. The van der Waals surface area contributed by atoms with Crippen molar-refractivity contribution in [1.29, 1.82) is 0 Å². The minimum Gasteiger partial charge on any atom is -0.452 e. The minimum atomic E-state index is -0.789. The number of carbonyl (C=O) groups excluding carboxylic acids is 4. The summed E-state index contributed by atoms with van der Waals surface area (Å²) in [5.74, 6) is -2.02. The van der Waals surface area contributed by atoms with E-state index in [2.05, 4.69) is 21.0 Å². The number of esters is 1. The van der Waals surface area contributed by atoms with Crippen LogP contribution in [-0.4, -0.2) is 40.1 Å². The Morgan fingerprint density at radius 1 is 0.857 bits per heavy atom. The smallest absolute Gasteiger partial charge is 0.338 e. The van der Waals surface area contributed by atoms with E-state index in [1.807, 2.05) is 38.1 Å². The molecule has 0 aliphatic rings. The second-order valence-electron chi connectivity index (χ2n) is 8.08. The lowest BCUT2D eigenvalue weighted by Gasteiger charge is -2.11. The molecule has 10 nitrogen and oxygen atoms in total. The van der Waals surface area contributed by atoms with E-state index in [4.69, 9.17) is 4.74 Å². The summed E-state index contributed by atoms with van der Waals surface area (Å²) in [5.41, 5.74) is 4.53. The average molecular weight is 478 g/mol. The summed E-state index contributed by atoms with van der Waals surface area (Å²) in [6.07, 6.45) is 0. The molecule has 1 heterocycles. The Morgan fingerprint density at radius 3 is 1.97 bits per heavy atom. The van der Waals surface area contributed by atoms with Crippen LogP contribution in [0.4, 0.5) is 17.1 Å². The number of benzene rings is 2. The van der Waals surface area contributed by atoms with Crippen LogP contribution in [0.5, 0.6) is 0 Å². The maximum Gasteiger partial charge on any atom is 0.338 e. The summed E-state index contributed by atoms with van der Waals surface area (Å²) in [5, 5.41) is 12.4. The fourth-order valence-electron chi connectivity index (χ4n) is 3.45. The molecule has 0 unspecified atom stereocenters. The van der Waals surface area contributed by atoms with Gasteiger partial charge in [0.15, 0.2) is 6.61 Å². The second-order valence-corrected chi connectivity index (χ2v) is 8.08. The highest BCUT2D eigenvalue weighted by Crippen LogP contribution is 2.23. The molecule has 0 spiro atoms. The molecule has 3 amide bonds. The monoisotopic (exact) mass is 477 g/mol. The van der Waals surface area contributed by atoms with Crippen molar-refractivity contribution in [3.8, 4) is 5.69 Å². The van der Waals surface area contributed by atoms with Gasteiger partial charge in [0, 0.05) is 25.2 Å². The number of nitrogens with one attached hydrogen (secondary N) is 3. The van der Waals surface area contributed by atoms with Crippen molar-refractivity contribution in [2.45, 2.75) is 34.6 Å². The molecule has 10 heteroatoms. The molecule has 0 atom stereocenters. The number of aromatic nitrogens is 2. The third-order valence-electron chi connectivity index (χ3n) is 4.98. The largest absolute Gasteiger partial charge is 0.452 e. The molecular weight excluding hydrogens is 450 g/mol. The third kappa shape index (κ3) is 6.53. The summed E-state index contributed by atoms with van der Waals surface area (Å²) < 4.78 is 6.89. The van der Waals surface area contributed by atoms with Gasteiger partial charge >= 0.3 is 5.97 Å². The van der Waals surface area contributed by atoms with Crippen molar-refractivity contribution < 1.29 is 23.9 Å². The number of nitrogens with zero attached hydrogens (tertiary/aromatic N) is 2. The normalized spacial score (nSPS) is 10.4. The third-order valence-corrected chi connectivity index (χ3v) is 4.98. The van der Waals surface area contributed by atoms with E-state index < -0.39 is 18.5 Å². The predicted molar refractivity (Wildman–Crippen MR) is 132 cm³/mol. The number of hydrogen-bond donors (Lipinski definition) is 3. The standard InChI is InChI=1S/C25H27N5O5/c1-14-6-8-22(9-7-14)30-16(3)24(15(2)29-30)28-23(33)13-35-25(34)19-10-20(26-17(4)31)12-21(11-19)27-18(5)32/h6-12H,13H2,1-5H3,(H,26,31)(H,27,32)(H,28,33). The highest BCUT2D eigenvalue weighted by Gasteiger charge is 2.18. The Labute approximate surface area is 202 Å². The first-order chi connectivity index (χ1) is 16.5. The van der Waals surface area contributed by atoms with Crippen molar-refractivity contribution in [2.24, 2.45) is 0 Å². The summed E-state index contributed by atoms with van der Waals surface area (Å²) in [6.45, 7) is 7.70. The zero-order valence-corrected chi connectivity index (χ0v) is 20.2. The van der Waals surface area contributed by atoms with Crippen molar-refractivity contribution >= 4 is 40.8 Å². The zero-order valence-electron chi connectivity index (χ0n) is 20.2. The molecule has 0 bridgehead atoms. The van der Waals surface area contributed by atoms with Crippen LogP contribution in [0.25, 0.3) is 5.69 Å². The summed E-state index contributed by atoms with van der Waals surface area (Å²) in [7, 11) is 0. The number of anilines is 3. The van der Waals surface area contributed by atoms with Gasteiger partial charge in [-0.3, -0.25) is 14.4 Å². The van der Waals surface area contributed by atoms with Gasteiger partial charge in [-0.25, -0.2) is 9.48 Å². The highest BCUT2D eigenvalue weighted by atomic mass is 16.5. The van der Waals surface area contributed by atoms with E-state index >= 15 is 0 Å². The molecular formula is C25H27N5O5. The molecule has 3 aromatic rings. The lowest BCUT2D eigenvalue weighted by molar-refractivity contribution is -0.119. The van der Waals surface area contributed by atoms with Gasteiger partial charge < -0.3 is 20.7 Å². The maximum absolute atomic E-state index is 12.6. The van der Waals surface area contributed by atoms with Crippen LogP contribution in [0.15, 0.2) is 42.5 Å². The molecule has 0 fully saturated rings. The summed E-state index contributed by atoms with van der Waals surface area (Å²) >= 11 is 0. The van der Waals surface area contributed by atoms with Crippen molar-refractivity contribution in [2.75, 3.05) is 22.6 Å². The van der Waals surface area contributed by atoms with Gasteiger partial charge in [-0.05, 0) is 51.1 Å².